The fourth-order valence-electron chi connectivity index (χ4n) is 3.09. The van der Waals surface area contributed by atoms with Gasteiger partial charge in [0.05, 0.1) is 18.1 Å². The summed E-state index contributed by atoms with van der Waals surface area (Å²) in [5, 5.41) is 9.79. The average Bonchev–Trinajstić information content (AvgIpc) is 2.78. The summed E-state index contributed by atoms with van der Waals surface area (Å²) < 4.78 is 101. The zero-order valence-electron chi connectivity index (χ0n) is 13.2. The van der Waals surface area contributed by atoms with E-state index in [0.29, 0.717) is 32.1 Å². The van der Waals surface area contributed by atoms with Crippen LogP contribution >= 0.6 is 0 Å². The van der Waals surface area contributed by atoms with E-state index in [1.807, 2.05) is 0 Å². The van der Waals surface area contributed by atoms with E-state index >= 15 is 0 Å². The fourth-order valence-corrected chi connectivity index (χ4v) is 4.11. The maximum absolute atomic E-state index is 14.0. The summed E-state index contributed by atoms with van der Waals surface area (Å²) in [6, 6.07) is 1.49. The van der Waals surface area contributed by atoms with Gasteiger partial charge in [0, 0.05) is 30.4 Å². The molecule has 5 nitrogen and oxygen atoms in total. The first-order valence-corrected chi connectivity index (χ1v) is 9.21. The van der Waals surface area contributed by atoms with E-state index in [2.05, 4.69) is 0 Å². The standard InChI is InChI=1S/C15H15F5O5S/c16-14(17)7-9-10(25-8-3-5-24-6-4-8)1-2-11(12(9)13(14)21)26(22,23)15(18,19)20/h1-2,8,13,21H,3-7H2. The molecule has 26 heavy (non-hydrogen) atoms. The zero-order chi connectivity index (χ0) is 19.3. The van der Waals surface area contributed by atoms with Crippen LogP contribution in [0.2, 0.25) is 0 Å². The van der Waals surface area contributed by atoms with Gasteiger partial charge in [0.15, 0.2) is 0 Å². The van der Waals surface area contributed by atoms with Crippen LogP contribution in [0.5, 0.6) is 5.75 Å². The lowest BCUT2D eigenvalue weighted by molar-refractivity contribution is -0.0979. The lowest BCUT2D eigenvalue weighted by atomic mass is 10.1. The van der Waals surface area contributed by atoms with Gasteiger partial charge in [0.2, 0.25) is 0 Å². The number of aliphatic hydroxyl groups excluding tert-OH is 1. The minimum Gasteiger partial charge on any atom is -0.490 e. The summed E-state index contributed by atoms with van der Waals surface area (Å²) in [6.45, 7) is 0.762. The van der Waals surface area contributed by atoms with Gasteiger partial charge in [0.1, 0.15) is 18.0 Å². The number of aliphatic hydroxyl groups is 1. The van der Waals surface area contributed by atoms with Crippen molar-refractivity contribution < 1.29 is 45.0 Å². The largest absolute Gasteiger partial charge is 0.501 e. The van der Waals surface area contributed by atoms with Crippen LogP contribution in [0.1, 0.15) is 30.1 Å². The Labute approximate surface area is 145 Å². The van der Waals surface area contributed by atoms with Gasteiger partial charge in [-0.05, 0) is 12.1 Å². The monoisotopic (exact) mass is 402 g/mol. The highest BCUT2D eigenvalue weighted by Gasteiger charge is 2.55. The maximum atomic E-state index is 14.0. The molecule has 0 bridgehead atoms. The van der Waals surface area contributed by atoms with Crippen molar-refractivity contribution in [3.05, 3.63) is 23.3 Å². The molecular weight excluding hydrogens is 387 g/mol. The zero-order valence-corrected chi connectivity index (χ0v) is 14.0. The first-order valence-electron chi connectivity index (χ1n) is 7.72. The molecule has 1 aliphatic carbocycles. The Hall–Kier alpha value is -1.46. The van der Waals surface area contributed by atoms with E-state index < -0.39 is 55.9 Å². The summed E-state index contributed by atoms with van der Waals surface area (Å²) in [7, 11) is -5.90. The summed E-state index contributed by atoms with van der Waals surface area (Å²) in [5.74, 6) is -3.95. The van der Waals surface area contributed by atoms with Crippen LogP contribution in [0.3, 0.4) is 0 Å². The van der Waals surface area contributed by atoms with Crippen molar-refractivity contribution in [1.29, 1.82) is 0 Å². The van der Waals surface area contributed by atoms with Crippen LogP contribution in [0, 0.1) is 0 Å². The summed E-state index contributed by atoms with van der Waals surface area (Å²) in [4.78, 5) is -1.37. The van der Waals surface area contributed by atoms with E-state index in [4.69, 9.17) is 9.47 Å². The molecule has 1 atom stereocenters. The second-order valence-electron chi connectivity index (χ2n) is 6.17. The molecule has 1 aliphatic heterocycles. The molecule has 1 aromatic rings. The average molecular weight is 402 g/mol. The number of sulfone groups is 1. The first-order chi connectivity index (χ1) is 11.9. The number of benzene rings is 1. The normalized spacial score (nSPS) is 23.7. The lowest BCUT2D eigenvalue weighted by Gasteiger charge is -2.25. The number of hydrogen-bond acceptors (Lipinski definition) is 5. The van der Waals surface area contributed by atoms with Gasteiger partial charge in [-0.15, -0.1) is 0 Å². The van der Waals surface area contributed by atoms with Crippen molar-refractivity contribution in [3.63, 3.8) is 0 Å². The van der Waals surface area contributed by atoms with Crippen molar-refractivity contribution in [2.45, 2.75) is 47.8 Å². The van der Waals surface area contributed by atoms with Crippen molar-refractivity contribution in [3.8, 4) is 5.75 Å². The molecule has 3 rings (SSSR count). The minimum atomic E-state index is -5.90. The molecule has 0 amide bonds. The molecular formula is C15H15F5O5S. The minimum absolute atomic E-state index is 0.149. The van der Waals surface area contributed by atoms with Gasteiger partial charge in [-0.2, -0.15) is 13.2 Å². The number of hydrogen-bond donors (Lipinski definition) is 1. The third-order valence-corrected chi connectivity index (χ3v) is 5.96. The molecule has 0 aromatic heterocycles. The van der Waals surface area contributed by atoms with Crippen LogP contribution in [-0.4, -0.2) is 44.3 Å². The van der Waals surface area contributed by atoms with E-state index in [9.17, 15) is 35.5 Å². The van der Waals surface area contributed by atoms with Gasteiger partial charge >= 0.3 is 5.51 Å². The van der Waals surface area contributed by atoms with E-state index in [-0.39, 0.29) is 5.75 Å². The molecule has 0 saturated carbocycles. The third kappa shape index (κ3) is 3.16. The second-order valence-corrected chi connectivity index (χ2v) is 8.08. The molecule has 1 aromatic carbocycles. The summed E-state index contributed by atoms with van der Waals surface area (Å²) >= 11 is 0. The Morgan fingerprint density at radius 2 is 1.81 bits per heavy atom. The highest BCUT2D eigenvalue weighted by molar-refractivity contribution is 7.92. The van der Waals surface area contributed by atoms with Crippen molar-refractivity contribution in [1.82, 2.24) is 0 Å². The molecule has 1 N–H and O–H groups in total. The number of rotatable bonds is 3. The number of alkyl halides is 5. The highest BCUT2D eigenvalue weighted by atomic mass is 32.2. The SMILES string of the molecule is O=S(=O)(c1ccc(OC2CCOCC2)c2c1C(O)C(F)(F)C2)C(F)(F)F. The molecule has 1 unspecified atom stereocenters. The van der Waals surface area contributed by atoms with Crippen LogP contribution in [0.4, 0.5) is 22.0 Å². The van der Waals surface area contributed by atoms with Gasteiger partial charge in [-0.3, -0.25) is 0 Å². The Kier molecular flexibility index (Phi) is 4.68. The van der Waals surface area contributed by atoms with E-state index in [1.54, 1.807) is 0 Å². The van der Waals surface area contributed by atoms with Gasteiger partial charge in [-0.25, -0.2) is 17.2 Å². The Balaban J connectivity index is 2.09. The summed E-state index contributed by atoms with van der Waals surface area (Å²) in [5.41, 5.74) is -7.04. The molecule has 11 heteroatoms. The lowest BCUT2D eigenvalue weighted by Crippen LogP contribution is -2.27. The Bertz CT molecular complexity index is 799. The third-order valence-electron chi connectivity index (χ3n) is 4.42. The van der Waals surface area contributed by atoms with Crippen LogP contribution in [0.25, 0.3) is 0 Å². The predicted octanol–water partition coefficient (Wildman–Crippen LogP) is 2.76. The first kappa shape index (κ1) is 19.3. The molecule has 1 heterocycles. The highest BCUT2D eigenvalue weighted by Crippen LogP contribution is 2.50. The van der Waals surface area contributed by atoms with Crippen molar-refractivity contribution in [2.75, 3.05) is 13.2 Å². The Morgan fingerprint density at radius 1 is 1.19 bits per heavy atom. The summed E-state index contributed by atoms with van der Waals surface area (Å²) in [6.07, 6.45) is -3.26. The van der Waals surface area contributed by atoms with Crippen molar-refractivity contribution in [2.24, 2.45) is 0 Å². The molecule has 0 radical (unpaired) electrons. The quantitative estimate of drug-likeness (QED) is 0.788. The van der Waals surface area contributed by atoms with E-state index in [0.717, 1.165) is 6.07 Å². The van der Waals surface area contributed by atoms with Crippen LogP contribution < -0.4 is 4.74 Å². The molecule has 146 valence electrons. The Morgan fingerprint density at radius 3 is 2.38 bits per heavy atom. The fraction of sp³-hybridized carbons (Fsp3) is 0.600. The maximum Gasteiger partial charge on any atom is 0.501 e. The molecule has 0 spiro atoms. The van der Waals surface area contributed by atoms with Gasteiger partial charge in [0.25, 0.3) is 15.8 Å². The smallest absolute Gasteiger partial charge is 0.490 e. The van der Waals surface area contributed by atoms with E-state index in [1.165, 1.54) is 0 Å². The molecule has 1 saturated heterocycles. The predicted molar refractivity (Wildman–Crippen MR) is 77.8 cm³/mol. The second kappa shape index (κ2) is 6.31. The number of fused-ring (bicyclic) bond motifs is 1. The van der Waals surface area contributed by atoms with Gasteiger partial charge < -0.3 is 14.6 Å². The van der Waals surface area contributed by atoms with Crippen LogP contribution in [-0.2, 0) is 21.0 Å². The number of halogens is 5. The molecule has 2 aliphatic rings. The molecule has 1 fully saturated rings. The van der Waals surface area contributed by atoms with Crippen LogP contribution in [0.15, 0.2) is 17.0 Å². The number of ether oxygens (including phenoxy) is 2. The van der Waals surface area contributed by atoms with Crippen molar-refractivity contribution >= 4 is 9.84 Å². The van der Waals surface area contributed by atoms with Gasteiger partial charge in [-0.1, -0.05) is 0 Å². The topological polar surface area (TPSA) is 72.8 Å².